The summed E-state index contributed by atoms with van der Waals surface area (Å²) in [7, 11) is -1.40. The summed E-state index contributed by atoms with van der Waals surface area (Å²) in [6.07, 6.45) is 0.896. The van der Waals surface area contributed by atoms with Crippen LogP contribution in [0.2, 0.25) is 0 Å². The first kappa shape index (κ1) is 18.5. The molecule has 2 aliphatic heterocycles. The third-order valence-electron chi connectivity index (χ3n) is 6.14. The van der Waals surface area contributed by atoms with Crippen LogP contribution in [0.5, 0.6) is 0 Å². The number of piperidine rings is 1. The number of nitrogens with zero attached hydrogens (tertiary/aromatic N) is 1. The van der Waals surface area contributed by atoms with Crippen LogP contribution in [0.25, 0.3) is 0 Å². The Kier molecular flexibility index (Phi) is 4.35. The van der Waals surface area contributed by atoms with Crippen LogP contribution >= 0.6 is 0 Å². The lowest BCUT2D eigenvalue weighted by Crippen LogP contribution is -3.11. The standard InChI is InChI=1S/C22H28N2O2S/c1-14-6-7-20-18(12-14)19-13-23(5)9-8-21(19)24(20)27(25,26)22-16(3)10-15(2)11-17(22)4/h6-7,10-12,19,21H,8-9,13H2,1-5H3/p+1/t19-,21-/m0/s1. The van der Waals surface area contributed by atoms with Crippen molar-refractivity contribution in [1.82, 2.24) is 0 Å². The summed E-state index contributed by atoms with van der Waals surface area (Å²) < 4.78 is 29.5. The van der Waals surface area contributed by atoms with E-state index in [4.69, 9.17) is 0 Å². The molecule has 27 heavy (non-hydrogen) atoms. The zero-order valence-corrected chi connectivity index (χ0v) is 17.7. The molecule has 4 nitrogen and oxygen atoms in total. The highest BCUT2D eigenvalue weighted by Crippen LogP contribution is 2.46. The maximum atomic E-state index is 13.9. The molecule has 2 aromatic carbocycles. The van der Waals surface area contributed by atoms with E-state index in [1.54, 1.807) is 4.31 Å². The van der Waals surface area contributed by atoms with Crippen LogP contribution in [0, 0.1) is 27.7 Å². The molecule has 0 radical (unpaired) electrons. The van der Waals surface area contributed by atoms with Crippen LogP contribution in [0.15, 0.2) is 35.2 Å². The van der Waals surface area contributed by atoms with Crippen molar-refractivity contribution < 1.29 is 13.3 Å². The lowest BCUT2D eigenvalue weighted by molar-refractivity contribution is -0.886. The van der Waals surface area contributed by atoms with E-state index >= 15 is 0 Å². The fourth-order valence-electron chi connectivity index (χ4n) is 5.14. The smallest absolute Gasteiger partial charge is 0.265 e. The second-order valence-electron chi connectivity index (χ2n) is 8.46. The SMILES string of the molecule is Cc1cc(C)c(S(=O)(=O)N2c3ccc(C)cc3[C@@H]3C[NH+](C)CC[C@@H]32)c(C)c1. The number of likely N-dealkylation sites (N-methyl/N-ethyl adjacent to an activating group) is 1. The van der Waals surface area contributed by atoms with Gasteiger partial charge >= 0.3 is 0 Å². The van der Waals surface area contributed by atoms with Gasteiger partial charge in [0.15, 0.2) is 0 Å². The molecule has 1 fully saturated rings. The lowest BCUT2D eigenvalue weighted by Gasteiger charge is -2.35. The van der Waals surface area contributed by atoms with E-state index in [1.807, 2.05) is 45.0 Å². The maximum Gasteiger partial charge on any atom is 0.265 e. The molecule has 144 valence electrons. The number of nitrogens with one attached hydrogen (secondary N) is 1. The molecule has 4 rings (SSSR count). The molecule has 2 heterocycles. The highest BCUT2D eigenvalue weighted by Gasteiger charge is 2.48. The number of aryl methyl sites for hydroxylation is 4. The topological polar surface area (TPSA) is 41.8 Å². The van der Waals surface area contributed by atoms with Gasteiger partial charge in [0.05, 0.1) is 42.7 Å². The second-order valence-corrected chi connectivity index (χ2v) is 10.2. The Labute approximate surface area is 162 Å². The van der Waals surface area contributed by atoms with E-state index in [-0.39, 0.29) is 12.0 Å². The molecule has 2 aromatic rings. The Bertz CT molecular complexity index is 990. The Morgan fingerprint density at radius 3 is 2.33 bits per heavy atom. The van der Waals surface area contributed by atoms with Gasteiger partial charge in [0.25, 0.3) is 10.0 Å². The summed E-state index contributed by atoms with van der Waals surface area (Å²) in [6.45, 7) is 9.91. The Balaban J connectivity index is 1.91. The van der Waals surface area contributed by atoms with Crippen molar-refractivity contribution in [2.24, 2.45) is 0 Å². The van der Waals surface area contributed by atoms with Crippen molar-refractivity contribution in [2.75, 3.05) is 24.4 Å². The number of anilines is 1. The number of hydrogen-bond acceptors (Lipinski definition) is 2. The number of likely N-dealkylation sites (tertiary alicyclic amines) is 1. The minimum Gasteiger partial charge on any atom is -0.337 e. The molecule has 1 N–H and O–H groups in total. The van der Waals surface area contributed by atoms with E-state index < -0.39 is 10.0 Å². The largest absolute Gasteiger partial charge is 0.337 e. The van der Waals surface area contributed by atoms with Gasteiger partial charge in [-0.15, -0.1) is 0 Å². The minimum absolute atomic E-state index is 0.0237. The second kappa shape index (κ2) is 6.35. The highest BCUT2D eigenvalue weighted by molar-refractivity contribution is 7.93. The quantitative estimate of drug-likeness (QED) is 0.863. The lowest BCUT2D eigenvalue weighted by atomic mass is 9.89. The van der Waals surface area contributed by atoms with Gasteiger partial charge in [-0.25, -0.2) is 8.42 Å². The predicted molar refractivity (Wildman–Crippen MR) is 109 cm³/mol. The van der Waals surface area contributed by atoms with Crippen molar-refractivity contribution in [3.63, 3.8) is 0 Å². The zero-order valence-electron chi connectivity index (χ0n) is 16.8. The molecule has 0 saturated carbocycles. The number of rotatable bonds is 2. The zero-order chi connectivity index (χ0) is 19.5. The molecule has 1 saturated heterocycles. The molecule has 5 heteroatoms. The molecule has 0 bridgehead atoms. The number of benzene rings is 2. The molecule has 2 aliphatic rings. The predicted octanol–water partition coefficient (Wildman–Crippen LogP) is 2.50. The average Bonchev–Trinajstić information content (AvgIpc) is 2.87. The third-order valence-corrected chi connectivity index (χ3v) is 8.29. The van der Waals surface area contributed by atoms with Crippen LogP contribution in [0.3, 0.4) is 0 Å². The average molecular weight is 386 g/mol. The van der Waals surface area contributed by atoms with Crippen molar-refractivity contribution in [1.29, 1.82) is 0 Å². The fourth-order valence-corrected chi connectivity index (χ4v) is 7.30. The normalized spacial score (nSPS) is 24.6. The summed E-state index contributed by atoms with van der Waals surface area (Å²) in [5, 5.41) is 0. The highest BCUT2D eigenvalue weighted by atomic mass is 32.2. The summed E-state index contributed by atoms with van der Waals surface area (Å²) in [5.74, 6) is 0.273. The summed E-state index contributed by atoms with van der Waals surface area (Å²) >= 11 is 0. The number of quaternary nitrogens is 1. The Hall–Kier alpha value is -1.85. The van der Waals surface area contributed by atoms with Crippen LogP contribution in [-0.2, 0) is 10.0 Å². The summed E-state index contributed by atoms with van der Waals surface area (Å²) in [4.78, 5) is 1.96. The number of sulfonamides is 1. The van der Waals surface area contributed by atoms with Crippen molar-refractivity contribution in [2.45, 2.75) is 51.0 Å². The van der Waals surface area contributed by atoms with Gasteiger partial charge in [0.1, 0.15) is 0 Å². The van der Waals surface area contributed by atoms with Gasteiger partial charge in [-0.05, 0) is 50.5 Å². The summed E-state index contributed by atoms with van der Waals surface area (Å²) in [6, 6.07) is 10.2. The molecular weight excluding hydrogens is 356 g/mol. The Morgan fingerprint density at radius 2 is 1.67 bits per heavy atom. The van der Waals surface area contributed by atoms with Gasteiger partial charge < -0.3 is 4.90 Å². The number of hydrogen-bond donors (Lipinski definition) is 1. The van der Waals surface area contributed by atoms with Gasteiger partial charge in [-0.2, -0.15) is 0 Å². The van der Waals surface area contributed by atoms with E-state index in [1.165, 1.54) is 16.0 Å². The first-order valence-corrected chi connectivity index (χ1v) is 11.2. The van der Waals surface area contributed by atoms with Crippen LogP contribution in [0.4, 0.5) is 5.69 Å². The van der Waals surface area contributed by atoms with E-state index in [0.717, 1.165) is 41.9 Å². The van der Waals surface area contributed by atoms with E-state index in [2.05, 4.69) is 20.0 Å². The monoisotopic (exact) mass is 385 g/mol. The first-order valence-electron chi connectivity index (χ1n) is 9.74. The number of fused-ring (bicyclic) bond motifs is 3. The first-order chi connectivity index (χ1) is 12.7. The molecule has 0 aromatic heterocycles. The molecule has 0 spiro atoms. The molecule has 0 aliphatic carbocycles. The van der Waals surface area contributed by atoms with Gasteiger partial charge in [-0.1, -0.05) is 35.4 Å². The molecular formula is C22H29N2O2S+. The maximum absolute atomic E-state index is 13.9. The summed E-state index contributed by atoms with van der Waals surface area (Å²) in [5.41, 5.74) is 6.04. The minimum atomic E-state index is -3.61. The fraction of sp³-hybridized carbons (Fsp3) is 0.455. The van der Waals surface area contributed by atoms with Crippen molar-refractivity contribution in [3.8, 4) is 0 Å². The van der Waals surface area contributed by atoms with Crippen molar-refractivity contribution in [3.05, 3.63) is 58.1 Å². The third kappa shape index (κ3) is 2.88. The Morgan fingerprint density at radius 1 is 1.00 bits per heavy atom. The van der Waals surface area contributed by atoms with Crippen LogP contribution in [0.1, 0.15) is 40.2 Å². The van der Waals surface area contributed by atoms with E-state index in [9.17, 15) is 8.42 Å². The van der Waals surface area contributed by atoms with Crippen molar-refractivity contribution >= 4 is 15.7 Å². The van der Waals surface area contributed by atoms with Gasteiger partial charge in [-0.3, -0.25) is 4.31 Å². The molecule has 3 atom stereocenters. The van der Waals surface area contributed by atoms with Gasteiger partial charge in [0.2, 0.25) is 0 Å². The molecule has 1 unspecified atom stereocenters. The van der Waals surface area contributed by atoms with Crippen LogP contribution < -0.4 is 9.21 Å². The van der Waals surface area contributed by atoms with Gasteiger partial charge in [0, 0.05) is 6.42 Å². The van der Waals surface area contributed by atoms with Crippen LogP contribution in [-0.4, -0.2) is 34.6 Å². The van der Waals surface area contributed by atoms with E-state index in [0.29, 0.717) is 4.90 Å². The molecule has 0 amide bonds.